The van der Waals surface area contributed by atoms with Crippen molar-refractivity contribution in [3.05, 3.63) is 47.8 Å². The van der Waals surface area contributed by atoms with E-state index in [1.165, 1.54) is 6.07 Å². The molecule has 0 bridgehead atoms. The Kier molecular flexibility index (Phi) is 2.74. The van der Waals surface area contributed by atoms with Crippen LogP contribution in [0.4, 0.5) is 13.2 Å². The van der Waals surface area contributed by atoms with E-state index >= 15 is 0 Å². The van der Waals surface area contributed by atoms with Gasteiger partial charge in [0.1, 0.15) is 5.82 Å². The summed E-state index contributed by atoms with van der Waals surface area (Å²) in [4.78, 5) is 11.3. The zero-order valence-corrected chi connectivity index (χ0v) is 10.5. The number of nitrogens with zero attached hydrogens (tertiary/aromatic N) is 2. The van der Waals surface area contributed by atoms with Gasteiger partial charge in [-0.15, -0.1) is 0 Å². The van der Waals surface area contributed by atoms with Crippen LogP contribution in [-0.4, -0.2) is 15.0 Å². The van der Waals surface area contributed by atoms with Crippen molar-refractivity contribution in [1.29, 1.82) is 0 Å². The van der Waals surface area contributed by atoms with Gasteiger partial charge in [-0.3, -0.25) is 4.98 Å². The molecule has 0 aliphatic heterocycles. The summed E-state index contributed by atoms with van der Waals surface area (Å²) in [6.07, 6.45) is -2.72. The number of aryl methyl sites for hydroxylation is 1. The second kappa shape index (κ2) is 4.33. The third kappa shape index (κ3) is 2.24. The first-order chi connectivity index (χ1) is 9.43. The van der Waals surface area contributed by atoms with E-state index in [0.29, 0.717) is 16.9 Å². The molecule has 0 aliphatic rings. The Morgan fingerprint density at radius 2 is 1.90 bits per heavy atom. The van der Waals surface area contributed by atoms with E-state index in [-0.39, 0.29) is 0 Å². The number of hydrogen-bond donors (Lipinski definition) is 1. The minimum Gasteiger partial charge on any atom is -0.338 e. The van der Waals surface area contributed by atoms with Gasteiger partial charge in [0, 0.05) is 17.5 Å². The molecule has 1 N–H and O–H groups in total. The lowest BCUT2D eigenvalue weighted by Crippen LogP contribution is -2.04. The maximum atomic E-state index is 12.6. The molecule has 0 spiro atoms. The van der Waals surface area contributed by atoms with Crippen LogP contribution in [0.2, 0.25) is 0 Å². The predicted octanol–water partition coefficient (Wildman–Crippen LogP) is 3.95. The first-order valence-electron chi connectivity index (χ1n) is 5.93. The number of nitrogens with one attached hydrogen (secondary N) is 1. The van der Waals surface area contributed by atoms with Crippen molar-refractivity contribution in [3.63, 3.8) is 0 Å². The van der Waals surface area contributed by atoms with E-state index in [4.69, 9.17) is 0 Å². The van der Waals surface area contributed by atoms with Crippen molar-refractivity contribution < 1.29 is 13.2 Å². The number of H-pyrrole nitrogens is 1. The molecule has 0 saturated carbocycles. The van der Waals surface area contributed by atoms with E-state index < -0.39 is 11.7 Å². The van der Waals surface area contributed by atoms with Crippen molar-refractivity contribution in [2.45, 2.75) is 13.1 Å². The highest BCUT2D eigenvalue weighted by molar-refractivity contribution is 5.80. The third-order valence-corrected chi connectivity index (χ3v) is 2.99. The summed E-state index contributed by atoms with van der Waals surface area (Å²) in [7, 11) is 0. The smallest absolute Gasteiger partial charge is 0.338 e. The molecule has 3 rings (SSSR count). The summed E-state index contributed by atoms with van der Waals surface area (Å²) in [6.45, 7) is 1.86. The Labute approximate surface area is 112 Å². The van der Waals surface area contributed by atoms with Crippen molar-refractivity contribution in [3.8, 4) is 11.4 Å². The number of fused-ring (bicyclic) bond motifs is 1. The number of aromatic amines is 1. The molecule has 0 saturated heterocycles. The Balaban J connectivity index is 2.09. The first kappa shape index (κ1) is 12.7. The number of rotatable bonds is 1. The minimum atomic E-state index is -4.36. The van der Waals surface area contributed by atoms with Crippen LogP contribution in [-0.2, 0) is 6.18 Å². The average molecular weight is 277 g/mol. The molecule has 6 heteroatoms. The maximum absolute atomic E-state index is 12.6. The van der Waals surface area contributed by atoms with Crippen molar-refractivity contribution in [2.75, 3.05) is 0 Å². The highest BCUT2D eigenvalue weighted by Gasteiger charge is 2.30. The predicted molar refractivity (Wildman–Crippen MR) is 69.1 cm³/mol. The second-order valence-electron chi connectivity index (χ2n) is 4.50. The lowest BCUT2D eigenvalue weighted by molar-refractivity contribution is -0.137. The molecule has 3 nitrogen and oxygen atoms in total. The maximum Gasteiger partial charge on any atom is 0.416 e. The summed E-state index contributed by atoms with van der Waals surface area (Å²) in [5.74, 6) is 0.506. The Bertz CT molecular complexity index is 757. The number of pyridine rings is 1. The molecule has 0 amide bonds. The monoisotopic (exact) mass is 277 g/mol. The van der Waals surface area contributed by atoms with Gasteiger partial charge in [0.25, 0.3) is 0 Å². The van der Waals surface area contributed by atoms with Crippen LogP contribution < -0.4 is 0 Å². The summed E-state index contributed by atoms with van der Waals surface area (Å²) < 4.78 is 37.9. The first-order valence-corrected chi connectivity index (χ1v) is 5.93. The third-order valence-electron chi connectivity index (χ3n) is 2.99. The second-order valence-corrected chi connectivity index (χ2v) is 4.50. The number of benzene rings is 1. The number of aromatic nitrogens is 3. The topological polar surface area (TPSA) is 41.6 Å². The molecule has 20 heavy (non-hydrogen) atoms. The number of hydrogen-bond acceptors (Lipinski definition) is 2. The summed E-state index contributed by atoms with van der Waals surface area (Å²) >= 11 is 0. The van der Waals surface area contributed by atoms with Crippen LogP contribution in [0.3, 0.4) is 0 Å². The molecule has 0 radical (unpaired) electrons. The van der Waals surface area contributed by atoms with Gasteiger partial charge in [-0.1, -0.05) is 0 Å². The van der Waals surface area contributed by atoms with Gasteiger partial charge in [0.2, 0.25) is 0 Å². The highest BCUT2D eigenvalue weighted by Crippen LogP contribution is 2.31. The fourth-order valence-corrected chi connectivity index (χ4v) is 1.93. The Hall–Kier alpha value is -2.37. The van der Waals surface area contributed by atoms with Crippen LogP contribution in [0.25, 0.3) is 22.4 Å². The molecular formula is C14H10F3N3. The number of imidazole rings is 1. The van der Waals surface area contributed by atoms with E-state index in [1.807, 2.05) is 19.1 Å². The van der Waals surface area contributed by atoms with Crippen molar-refractivity contribution >= 4 is 11.0 Å². The van der Waals surface area contributed by atoms with Gasteiger partial charge in [-0.25, -0.2) is 4.98 Å². The zero-order chi connectivity index (χ0) is 14.3. The lowest BCUT2D eigenvalue weighted by atomic mass is 10.2. The molecule has 3 aromatic rings. The molecular weight excluding hydrogens is 267 g/mol. The molecule has 2 heterocycles. The average Bonchev–Trinajstić information content (AvgIpc) is 2.81. The molecule has 0 unspecified atom stereocenters. The van der Waals surface area contributed by atoms with Gasteiger partial charge >= 0.3 is 6.18 Å². The molecule has 0 aliphatic carbocycles. The van der Waals surface area contributed by atoms with Crippen LogP contribution in [0, 0.1) is 6.92 Å². The normalized spacial score (nSPS) is 12.0. The fourth-order valence-electron chi connectivity index (χ4n) is 1.93. The van der Waals surface area contributed by atoms with Crippen LogP contribution in [0.5, 0.6) is 0 Å². The van der Waals surface area contributed by atoms with E-state index in [0.717, 1.165) is 23.4 Å². The highest BCUT2D eigenvalue weighted by atomic mass is 19.4. The van der Waals surface area contributed by atoms with Crippen LogP contribution in [0.1, 0.15) is 11.3 Å². The Morgan fingerprint density at radius 3 is 2.55 bits per heavy atom. The van der Waals surface area contributed by atoms with E-state index in [9.17, 15) is 13.2 Å². The molecule has 0 fully saturated rings. The standard InChI is InChI=1S/C14H10F3N3/c1-8-2-3-9(7-18-8)13-19-11-5-4-10(14(15,16)17)6-12(11)20-13/h2-7H,1H3,(H,19,20). The van der Waals surface area contributed by atoms with Crippen LogP contribution >= 0.6 is 0 Å². The summed E-state index contributed by atoms with van der Waals surface area (Å²) in [5.41, 5.74) is 1.76. The molecule has 2 aromatic heterocycles. The fraction of sp³-hybridized carbons (Fsp3) is 0.143. The van der Waals surface area contributed by atoms with E-state index in [2.05, 4.69) is 15.0 Å². The molecule has 102 valence electrons. The van der Waals surface area contributed by atoms with Crippen molar-refractivity contribution in [1.82, 2.24) is 15.0 Å². The van der Waals surface area contributed by atoms with Crippen molar-refractivity contribution in [2.24, 2.45) is 0 Å². The molecule has 1 aromatic carbocycles. The SMILES string of the molecule is Cc1ccc(-c2nc3ccc(C(F)(F)F)cc3[nH]2)cn1. The van der Waals surface area contributed by atoms with Gasteiger partial charge < -0.3 is 4.98 Å². The largest absolute Gasteiger partial charge is 0.416 e. The van der Waals surface area contributed by atoms with Gasteiger partial charge in [0.05, 0.1) is 16.6 Å². The quantitative estimate of drug-likeness (QED) is 0.731. The van der Waals surface area contributed by atoms with Crippen LogP contribution in [0.15, 0.2) is 36.5 Å². The summed E-state index contributed by atoms with van der Waals surface area (Å²) in [6, 6.07) is 7.10. The molecule has 0 atom stereocenters. The van der Waals surface area contributed by atoms with E-state index in [1.54, 1.807) is 6.20 Å². The Morgan fingerprint density at radius 1 is 1.10 bits per heavy atom. The van der Waals surface area contributed by atoms with Gasteiger partial charge in [-0.05, 0) is 37.3 Å². The zero-order valence-electron chi connectivity index (χ0n) is 10.5. The number of halogens is 3. The summed E-state index contributed by atoms with van der Waals surface area (Å²) in [5, 5.41) is 0. The minimum absolute atomic E-state index is 0.357. The van der Waals surface area contributed by atoms with Gasteiger partial charge in [-0.2, -0.15) is 13.2 Å². The number of alkyl halides is 3. The van der Waals surface area contributed by atoms with Gasteiger partial charge in [0.15, 0.2) is 0 Å². The lowest BCUT2D eigenvalue weighted by Gasteiger charge is -2.05.